The average molecular weight is 543 g/mol. The maximum absolute atomic E-state index is 13.6. The van der Waals surface area contributed by atoms with Crippen LogP contribution < -0.4 is 10.9 Å². The van der Waals surface area contributed by atoms with Gasteiger partial charge in [0, 0.05) is 34.2 Å². The monoisotopic (exact) mass is 542 g/mol. The molecule has 0 aliphatic heterocycles. The predicted molar refractivity (Wildman–Crippen MR) is 149 cm³/mol. The Balaban J connectivity index is 1.54. The first-order valence-electron chi connectivity index (χ1n) is 11.4. The summed E-state index contributed by atoms with van der Waals surface area (Å²) in [7, 11) is 0. The molecule has 38 heavy (non-hydrogen) atoms. The van der Waals surface area contributed by atoms with Gasteiger partial charge in [-0.25, -0.2) is 4.98 Å². The van der Waals surface area contributed by atoms with Gasteiger partial charge < -0.3 is 5.32 Å². The van der Waals surface area contributed by atoms with E-state index in [2.05, 4.69) is 5.32 Å². The van der Waals surface area contributed by atoms with Gasteiger partial charge in [0.1, 0.15) is 0 Å². The summed E-state index contributed by atoms with van der Waals surface area (Å²) >= 11 is 7.29. The standard InChI is InChI=1S/C28H19ClN4O4S/c29-20-7-5-8-21(16-20)30-26(34)19-12-13-24-25(15-19)31-28(32(27(24)35)22-9-2-1-3-10-22)38-17-18-6-4-11-23(14-18)33(36)37/h1-16H,17H2,(H,30,34). The van der Waals surface area contributed by atoms with E-state index < -0.39 is 4.92 Å². The Hall–Kier alpha value is -4.47. The van der Waals surface area contributed by atoms with E-state index in [-0.39, 0.29) is 17.2 Å². The summed E-state index contributed by atoms with van der Waals surface area (Å²) in [5.41, 5.74) is 2.29. The van der Waals surface area contributed by atoms with E-state index in [1.54, 1.807) is 66.7 Å². The molecule has 1 heterocycles. The second kappa shape index (κ2) is 10.9. The van der Waals surface area contributed by atoms with Crippen molar-refractivity contribution in [2.75, 3.05) is 5.32 Å². The second-order valence-electron chi connectivity index (χ2n) is 8.28. The lowest BCUT2D eigenvalue weighted by molar-refractivity contribution is -0.384. The number of aromatic nitrogens is 2. The molecule has 0 atom stereocenters. The van der Waals surface area contributed by atoms with Gasteiger partial charge in [0.15, 0.2) is 5.16 Å². The molecule has 0 saturated carbocycles. The highest BCUT2D eigenvalue weighted by Gasteiger charge is 2.16. The molecule has 0 aliphatic carbocycles. The number of hydrogen-bond acceptors (Lipinski definition) is 6. The first kappa shape index (κ1) is 25.2. The lowest BCUT2D eigenvalue weighted by Gasteiger charge is -2.14. The maximum Gasteiger partial charge on any atom is 0.269 e. The summed E-state index contributed by atoms with van der Waals surface area (Å²) in [5.74, 6) is -0.0180. The van der Waals surface area contributed by atoms with Crippen LogP contribution >= 0.6 is 23.4 Å². The van der Waals surface area contributed by atoms with E-state index in [0.717, 1.165) is 0 Å². The number of nitro benzene ring substituents is 1. The lowest BCUT2D eigenvalue weighted by Crippen LogP contribution is -2.22. The highest BCUT2D eigenvalue weighted by Crippen LogP contribution is 2.27. The van der Waals surface area contributed by atoms with Gasteiger partial charge in [-0.1, -0.05) is 59.8 Å². The van der Waals surface area contributed by atoms with Crippen LogP contribution in [0.15, 0.2) is 107 Å². The van der Waals surface area contributed by atoms with Crippen molar-refractivity contribution >= 4 is 51.5 Å². The molecule has 1 amide bonds. The minimum Gasteiger partial charge on any atom is -0.322 e. The summed E-state index contributed by atoms with van der Waals surface area (Å²) in [6.07, 6.45) is 0. The molecule has 0 aliphatic rings. The number of nitrogens with one attached hydrogen (secondary N) is 1. The van der Waals surface area contributed by atoms with Gasteiger partial charge in [-0.05, 0) is 54.1 Å². The van der Waals surface area contributed by atoms with Crippen LogP contribution in [0.5, 0.6) is 0 Å². The molecule has 0 spiro atoms. The highest BCUT2D eigenvalue weighted by molar-refractivity contribution is 7.98. The van der Waals surface area contributed by atoms with Crippen molar-refractivity contribution in [3.8, 4) is 5.69 Å². The molecule has 0 unspecified atom stereocenters. The normalized spacial score (nSPS) is 10.9. The maximum atomic E-state index is 13.6. The topological polar surface area (TPSA) is 107 Å². The summed E-state index contributed by atoms with van der Waals surface area (Å²) in [6.45, 7) is 0. The minimum absolute atomic E-state index is 0.00891. The van der Waals surface area contributed by atoms with Gasteiger partial charge in [-0.2, -0.15) is 0 Å². The molecule has 5 rings (SSSR count). The number of halogens is 1. The zero-order chi connectivity index (χ0) is 26.6. The predicted octanol–water partition coefficient (Wildman–Crippen LogP) is 6.49. The fourth-order valence-electron chi connectivity index (χ4n) is 3.89. The van der Waals surface area contributed by atoms with Gasteiger partial charge >= 0.3 is 0 Å². The van der Waals surface area contributed by atoms with Crippen molar-refractivity contribution in [3.05, 3.63) is 134 Å². The number of benzene rings is 4. The third kappa shape index (κ3) is 5.44. The number of amides is 1. The van der Waals surface area contributed by atoms with Crippen LogP contribution in [0.2, 0.25) is 5.02 Å². The zero-order valence-electron chi connectivity index (χ0n) is 19.7. The van der Waals surface area contributed by atoms with Gasteiger partial charge in [0.2, 0.25) is 0 Å². The van der Waals surface area contributed by atoms with Crippen LogP contribution in [0.25, 0.3) is 16.6 Å². The van der Waals surface area contributed by atoms with Gasteiger partial charge in [-0.3, -0.25) is 24.3 Å². The molecular weight excluding hydrogens is 524 g/mol. The molecule has 8 nitrogen and oxygen atoms in total. The molecule has 188 valence electrons. The summed E-state index contributed by atoms with van der Waals surface area (Å²) in [4.78, 5) is 42.0. The van der Waals surface area contributed by atoms with E-state index in [9.17, 15) is 19.7 Å². The van der Waals surface area contributed by atoms with E-state index >= 15 is 0 Å². The van der Waals surface area contributed by atoms with Crippen molar-refractivity contribution in [3.63, 3.8) is 0 Å². The first-order valence-corrected chi connectivity index (χ1v) is 12.8. The first-order chi connectivity index (χ1) is 18.4. The summed E-state index contributed by atoms with van der Waals surface area (Å²) in [5, 5.41) is 15.2. The Morgan fingerprint density at radius 1 is 0.974 bits per heavy atom. The van der Waals surface area contributed by atoms with Crippen LogP contribution in [0.3, 0.4) is 0 Å². The third-order valence-corrected chi connectivity index (χ3v) is 6.93. The van der Waals surface area contributed by atoms with Crippen LogP contribution in [0, 0.1) is 10.1 Å². The van der Waals surface area contributed by atoms with Gasteiger partial charge in [0.25, 0.3) is 17.2 Å². The number of fused-ring (bicyclic) bond motifs is 1. The zero-order valence-corrected chi connectivity index (χ0v) is 21.3. The smallest absolute Gasteiger partial charge is 0.269 e. The molecule has 1 aromatic heterocycles. The van der Waals surface area contributed by atoms with Crippen molar-refractivity contribution in [1.82, 2.24) is 9.55 Å². The molecule has 0 bridgehead atoms. The number of carbonyl (C=O) groups excluding carboxylic acids is 1. The fourth-order valence-corrected chi connectivity index (χ4v) is 5.03. The van der Waals surface area contributed by atoms with Crippen LogP contribution in [0.4, 0.5) is 11.4 Å². The number of thioether (sulfide) groups is 1. The Morgan fingerprint density at radius 3 is 2.53 bits per heavy atom. The van der Waals surface area contributed by atoms with E-state index in [1.165, 1.54) is 28.5 Å². The van der Waals surface area contributed by atoms with Crippen molar-refractivity contribution in [2.24, 2.45) is 0 Å². The lowest BCUT2D eigenvalue weighted by atomic mass is 10.1. The van der Waals surface area contributed by atoms with E-state index in [0.29, 0.717) is 49.3 Å². The SMILES string of the molecule is O=C(Nc1cccc(Cl)c1)c1ccc2c(=O)n(-c3ccccc3)c(SCc3cccc([N+](=O)[O-])c3)nc2c1. The molecule has 5 aromatic rings. The number of rotatable bonds is 7. The van der Waals surface area contributed by atoms with Crippen LogP contribution in [0.1, 0.15) is 15.9 Å². The molecule has 10 heteroatoms. The molecule has 0 radical (unpaired) electrons. The Bertz CT molecular complexity index is 1740. The van der Waals surface area contributed by atoms with E-state index in [1.807, 2.05) is 18.2 Å². The van der Waals surface area contributed by atoms with Crippen LogP contribution in [-0.2, 0) is 5.75 Å². The van der Waals surface area contributed by atoms with Gasteiger partial charge in [-0.15, -0.1) is 0 Å². The molecule has 4 aromatic carbocycles. The number of para-hydroxylation sites is 1. The Labute approximate surface area is 226 Å². The van der Waals surface area contributed by atoms with Crippen LogP contribution in [-0.4, -0.2) is 20.4 Å². The number of nitrogens with zero attached hydrogens (tertiary/aromatic N) is 3. The van der Waals surface area contributed by atoms with Crippen molar-refractivity contribution < 1.29 is 9.72 Å². The third-order valence-electron chi connectivity index (χ3n) is 5.69. The molecule has 0 saturated heterocycles. The molecular formula is C28H19ClN4O4S. The fraction of sp³-hybridized carbons (Fsp3) is 0.0357. The Kier molecular flexibility index (Phi) is 7.21. The highest BCUT2D eigenvalue weighted by atomic mass is 35.5. The number of anilines is 1. The largest absolute Gasteiger partial charge is 0.322 e. The van der Waals surface area contributed by atoms with Crippen molar-refractivity contribution in [2.45, 2.75) is 10.9 Å². The quantitative estimate of drug-likeness (QED) is 0.109. The van der Waals surface area contributed by atoms with Gasteiger partial charge in [0.05, 0.1) is 21.5 Å². The number of hydrogen-bond donors (Lipinski definition) is 1. The molecule has 1 N–H and O–H groups in total. The van der Waals surface area contributed by atoms with E-state index in [4.69, 9.17) is 16.6 Å². The second-order valence-corrected chi connectivity index (χ2v) is 9.66. The van der Waals surface area contributed by atoms with Crippen molar-refractivity contribution in [1.29, 1.82) is 0 Å². The number of nitro groups is 1. The average Bonchev–Trinajstić information content (AvgIpc) is 2.92. The minimum atomic E-state index is -0.446. The summed E-state index contributed by atoms with van der Waals surface area (Å²) in [6, 6.07) is 27.0. The number of carbonyl (C=O) groups is 1. The molecule has 0 fully saturated rings. The summed E-state index contributed by atoms with van der Waals surface area (Å²) < 4.78 is 1.51. The number of non-ortho nitro benzene ring substituents is 1. The Morgan fingerprint density at radius 2 is 1.76 bits per heavy atom.